The lowest BCUT2D eigenvalue weighted by molar-refractivity contribution is -0.365. The molecule has 2 aromatic heterocycles. The molecule has 1 amide bonds. The van der Waals surface area contributed by atoms with Crippen molar-refractivity contribution in [2.75, 3.05) is 45.1 Å². The lowest BCUT2D eigenvalue weighted by Gasteiger charge is -2.27. The van der Waals surface area contributed by atoms with Gasteiger partial charge in [0.2, 0.25) is 0 Å². The van der Waals surface area contributed by atoms with Crippen LogP contribution < -0.4 is 31.6 Å². The fraction of sp³-hybridized carbons (Fsp3) is 0.200. The second-order valence-corrected chi connectivity index (χ2v) is 19.4. The van der Waals surface area contributed by atoms with Gasteiger partial charge in [-0.05, 0) is 168 Å². The second kappa shape index (κ2) is 32.2. The average molecular weight is 1180 g/mol. The number of anilines is 2. The molecular formula is C70H74N6O11. The first kappa shape index (κ1) is 65.9. The number of aldehydes is 1. The Bertz CT molecular complexity index is 4080. The van der Waals surface area contributed by atoms with Crippen molar-refractivity contribution in [2.24, 2.45) is 0 Å². The predicted octanol–water partition coefficient (Wildman–Crippen LogP) is 13.4. The van der Waals surface area contributed by atoms with Gasteiger partial charge >= 0.3 is 0 Å². The van der Waals surface area contributed by atoms with Crippen molar-refractivity contribution in [3.8, 4) is 34.4 Å². The minimum Gasteiger partial charge on any atom is -0.504 e. The minimum atomic E-state index is -0.849. The van der Waals surface area contributed by atoms with E-state index in [1.807, 2.05) is 164 Å². The maximum absolute atomic E-state index is 13.3. The predicted molar refractivity (Wildman–Crippen MR) is 346 cm³/mol. The lowest BCUT2D eigenvalue weighted by atomic mass is 10.1. The van der Waals surface area contributed by atoms with Crippen LogP contribution in [0.25, 0.3) is 45.3 Å². The van der Waals surface area contributed by atoms with Gasteiger partial charge in [0.05, 0.1) is 58.5 Å². The number of nitrogen functional groups attached to an aromatic ring is 1. The Kier molecular flexibility index (Phi) is 24.4. The van der Waals surface area contributed by atoms with Crippen LogP contribution in [-0.2, 0) is 14.2 Å². The van der Waals surface area contributed by atoms with E-state index in [9.17, 15) is 29.4 Å². The van der Waals surface area contributed by atoms with Gasteiger partial charge in [0.1, 0.15) is 11.6 Å². The van der Waals surface area contributed by atoms with Crippen LogP contribution in [0, 0.1) is 27.7 Å². The van der Waals surface area contributed by atoms with E-state index in [-0.39, 0.29) is 34.1 Å². The molecule has 0 aliphatic heterocycles. The number of nitrogens with two attached hydrogens (primary N) is 1. The average Bonchev–Trinajstić information content (AvgIpc) is 1.73. The van der Waals surface area contributed by atoms with E-state index in [0.717, 1.165) is 39.3 Å². The molecule has 0 spiro atoms. The third kappa shape index (κ3) is 17.9. The van der Waals surface area contributed by atoms with Gasteiger partial charge < -0.3 is 44.9 Å². The van der Waals surface area contributed by atoms with Crippen molar-refractivity contribution in [1.29, 1.82) is 0 Å². The fourth-order valence-corrected chi connectivity index (χ4v) is 8.93. The molecule has 0 fully saturated rings. The number of carbonyl (C=O) groups excluding carboxylic acids is 2. The minimum absolute atomic E-state index is 0.0197. The number of hydrogen-bond acceptors (Lipinski definition) is 14. The molecule has 5 N–H and O–H groups in total. The van der Waals surface area contributed by atoms with E-state index in [1.54, 1.807) is 88.9 Å². The van der Waals surface area contributed by atoms with Crippen LogP contribution in [0.2, 0.25) is 0 Å². The first-order valence-corrected chi connectivity index (χ1v) is 28.0. The van der Waals surface area contributed by atoms with E-state index >= 15 is 0 Å². The highest BCUT2D eigenvalue weighted by Crippen LogP contribution is 2.31. The third-order valence-electron chi connectivity index (χ3n) is 13.0. The van der Waals surface area contributed by atoms with E-state index in [0.29, 0.717) is 82.4 Å². The second-order valence-electron chi connectivity index (χ2n) is 19.4. The maximum atomic E-state index is 13.3. The van der Waals surface area contributed by atoms with Crippen molar-refractivity contribution >= 4 is 57.5 Å². The van der Waals surface area contributed by atoms with Gasteiger partial charge in [-0.1, -0.05) is 91.0 Å². The number of aryl methyl sites for hydroxylation is 4. The molecule has 0 aliphatic carbocycles. The summed E-state index contributed by atoms with van der Waals surface area (Å²) in [6.07, 6.45) is 4.03. The number of aromatic hydroxyl groups is 2. The summed E-state index contributed by atoms with van der Waals surface area (Å²) in [5.41, 5.74) is 14.4. The molecule has 0 unspecified atom stereocenters. The van der Waals surface area contributed by atoms with Crippen LogP contribution in [0.5, 0.6) is 23.0 Å². The molecule has 0 saturated heterocycles. The van der Waals surface area contributed by atoms with Crippen LogP contribution in [0.3, 0.4) is 0 Å². The number of phenols is 2. The smallest absolute Gasteiger partial charge is 0.279 e. The number of nitrogens with zero attached hydrogens (tertiary/aromatic N) is 4. The number of ether oxygens (including phenoxy) is 5. The molecule has 0 radical (unpaired) electrons. The third-order valence-corrected chi connectivity index (χ3v) is 13.0. The molecule has 17 nitrogen and oxygen atoms in total. The Hall–Kier alpha value is -10.2. The number of hydrogen-bond donors (Lipinski definition) is 4. The normalized spacial score (nSPS) is 10.7. The highest BCUT2D eigenvalue weighted by Gasteiger charge is 2.25. The molecule has 2 heterocycles. The van der Waals surface area contributed by atoms with Crippen LogP contribution in [0.4, 0.5) is 11.4 Å². The zero-order valence-corrected chi connectivity index (χ0v) is 50.6. The van der Waals surface area contributed by atoms with Crippen molar-refractivity contribution < 1.29 is 43.5 Å². The first-order chi connectivity index (χ1) is 41.9. The van der Waals surface area contributed by atoms with Crippen LogP contribution in [0.15, 0.2) is 192 Å². The van der Waals surface area contributed by atoms with Gasteiger partial charge in [0, 0.05) is 43.7 Å². The molecule has 8 aromatic carbocycles. The number of phenolic OH excluding ortho intramolecular Hbond substituents is 2. The molecule has 0 atom stereocenters. The largest absolute Gasteiger partial charge is 0.504 e. The zero-order valence-electron chi connectivity index (χ0n) is 50.6. The highest BCUT2D eigenvalue weighted by atomic mass is 16.9. The summed E-state index contributed by atoms with van der Waals surface area (Å²) >= 11 is 0. The number of carbonyl (C=O) groups is 2. The summed E-state index contributed by atoms with van der Waals surface area (Å²) in [5.74, 6) is 0.772. The van der Waals surface area contributed by atoms with Gasteiger partial charge in [0.25, 0.3) is 23.0 Å². The van der Waals surface area contributed by atoms with Crippen LogP contribution in [0.1, 0.15) is 82.3 Å². The van der Waals surface area contributed by atoms with E-state index in [2.05, 4.69) is 10.3 Å². The Morgan fingerprint density at radius 3 is 1.54 bits per heavy atom. The van der Waals surface area contributed by atoms with Crippen molar-refractivity contribution in [3.05, 3.63) is 248 Å². The molecule has 87 heavy (non-hydrogen) atoms. The van der Waals surface area contributed by atoms with Gasteiger partial charge in [-0.25, -0.2) is 9.97 Å². The molecule has 0 aliphatic rings. The highest BCUT2D eigenvalue weighted by molar-refractivity contribution is 6.07. The molecule has 0 bridgehead atoms. The SMILES string of the molecule is CCOC(C)(OCC)OCC.COc1cccc(/C=C/c2nc3ccccc3c(=O)n2-c2cccc(C)c2)c1O.COc1cccc(C=O)c1O.Cc1cccc(-n2c(C)nc3ccccc3c2=O)c1.Cc1cccc(NC(=O)c2ccccc2N)c1. The summed E-state index contributed by atoms with van der Waals surface area (Å²) < 4.78 is 29.0. The molecule has 10 rings (SSSR count). The van der Waals surface area contributed by atoms with Crippen molar-refractivity contribution in [3.63, 3.8) is 0 Å². The standard InChI is InChI=1S/C24H20N2O3.C16H14N2O.C14H14N2O.C8H8O3.C8H18O3/c1-16-7-5-9-18(15-16)26-22(25-20-11-4-3-10-19(20)24(26)28)14-13-17-8-6-12-21(29-2)23(17)27;1-11-6-5-7-13(10-11)18-12(2)17-15-9-4-3-8-14(15)16(18)19;1-10-5-4-6-11(9-10)16-14(17)12-7-2-3-8-13(12)15;1-11-7-4-2-3-6(5-9)8(7)10;1-5-9-8(4,10-6-2)11-7-3/h3-15,27H,1-2H3;3-10H,1-2H3;2-9H,15H2,1H3,(H,16,17);2-5,10H,1H3;5-7H2,1-4H3/b14-13+;;;;. The fourth-order valence-electron chi connectivity index (χ4n) is 8.93. The number of fused-ring (bicyclic) bond motifs is 2. The van der Waals surface area contributed by atoms with Gasteiger partial charge in [-0.15, -0.1) is 0 Å². The molecule has 0 saturated carbocycles. The summed E-state index contributed by atoms with van der Waals surface area (Å²) in [4.78, 5) is 57.3. The molecule has 10 aromatic rings. The number of para-hydroxylation sites is 5. The number of aromatic nitrogens is 4. The van der Waals surface area contributed by atoms with Crippen molar-refractivity contribution in [1.82, 2.24) is 19.1 Å². The summed E-state index contributed by atoms with van der Waals surface area (Å²) in [6.45, 7) is 17.1. The quantitative estimate of drug-likeness (QED) is 0.0425. The Morgan fingerprint density at radius 1 is 0.563 bits per heavy atom. The van der Waals surface area contributed by atoms with Gasteiger partial charge in [-0.2, -0.15) is 0 Å². The van der Waals surface area contributed by atoms with Crippen LogP contribution in [-0.4, -0.2) is 81.5 Å². The van der Waals surface area contributed by atoms with Crippen molar-refractivity contribution in [2.45, 2.75) is 61.4 Å². The maximum Gasteiger partial charge on any atom is 0.279 e. The van der Waals surface area contributed by atoms with E-state index in [4.69, 9.17) is 34.4 Å². The zero-order chi connectivity index (χ0) is 63.0. The summed E-state index contributed by atoms with van der Waals surface area (Å²) in [6, 6.07) is 55.0. The van der Waals surface area contributed by atoms with E-state index in [1.165, 1.54) is 20.3 Å². The number of nitrogens with one attached hydrogen (secondary N) is 1. The Morgan fingerprint density at radius 2 is 1.02 bits per heavy atom. The number of benzene rings is 8. The first-order valence-electron chi connectivity index (χ1n) is 28.0. The Balaban J connectivity index is 0.000000183. The molecule has 450 valence electrons. The van der Waals surface area contributed by atoms with Crippen LogP contribution >= 0.6 is 0 Å². The molecule has 17 heteroatoms. The lowest BCUT2D eigenvalue weighted by Crippen LogP contribution is -2.35. The Labute approximate surface area is 506 Å². The topological polar surface area (TPSA) is 229 Å². The number of rotatable bonds is 15. The van der Waals surface area contributed by atoms with E-state index < -0.39 is 5.97 Å². The summed E-state index contributed by atoms with van der Waals surface area (Å²) in [7, 11) is 2.94. The van der Waals surface area contributed by atoms with Gasteiger partial charge in [-0.3, -0.25) is 28.3 Å². The molecular weight excluding hydrogens is 1100 g/mol. The number of methoxy groups -OCH3 is 2. The van der Waals surface area contributed by atoms with Gasteiger partial charge in [0.15, 0.2) is 29.3 Å². The monoisotopic (exact) mass is 1170 g/mol. The number of amides is 1. The summed E-state index contributed by atoms with van der Waals surface area (Å²) in [5, 5.41) is 23.6.